The lowest BCUT2D eigenvalue weighted by Gasteiger charge is -2.39. The van der Waals surface area contributed by atoms with Gasteiger partial charge in [-0.1, -0.05) is 6.92 Å². The van der Waals surface area contributed by atoms with Gasteiger partial charge in [0.2, 0.25) is 5.91 Å². The molecule has 0 aromatic carbocycles. The van der Waals surface area contributed by atoms with Crippen molar-refractivity contribution in [1.82, 2.24) is 20.1 Å². The summed E-state index contributed by atoms with van der Waals surface area (Å²) in [6.07, 6.45) is 2.87. The zero-order valence-corrected chi connectivity index (χ0v) is 10.8. The molecule has 0 aliphatic heterocycles. The lowest BCUT2D eigenvalue weighted by molar-refractivity contribution is -0.134. The van der Waals surface area contributed by atoms with E-state index in [0.717, 1.165) is 0 Å². The Bertz CT molecular complexity index is 495. The first-order valence-corrected chi connectivity index (χ1v) is 6.04. The molecule has 1 aromatic rings. The van der Waals surface area contributed by atoms with Gasteiger partial charge in [-0.15, -0.1) is 10.2 Å². The molecular weight excluding hydrogens is 230 g/mol. The molecule has 1 aliphatic carbocycles. The van der Waals surface area contributed by atoms with Crippen LogP contribution in [0.5, 0.6) is 0 Å². The number of carbonyl (C=O) groups excluding carboxylic acids is 1. The third-order valence-corrected chi connectivity index (χ3v) is 3.52. The van der Waals surface area contributed by atoms with E-state index in [-0.39, 0.29) is 11.9 Å². The second-order valence-electron chi connectivity index (χ2n) is 5.20. The van der Waals surface area contributed by atoms with Crippen molar-refractivity contribution in [1.29, 1.82) is 5.26 Å². The Morgan fingerprint density at radius 2 is 2.39 bits per heavy atom. The summed E-state index contributed by atoms with van der Waals surface area (Å²) in [6.45, 7) is 3.89. The van der Waals surface area contributed by atoms with Crippen LogP contribution in [0.4, 0.5) is 0 Å². The molecule has 18 heavy (non-hydrogen) atoms. The van der Waals surface area contributed by atoms with Crippen molar-refractivity contribution in [2.24, 2.45) is 18.4 Å². The van der Waals surface area contributed by atoms with Gasteiger partial charge in [0.1, 0.15) is 11.7 Å². The number of hydrogen-bond acceptors (Lipinski definition) is 4. The van der Waals surface area contributed by atoms with Crippen LogP contribution in [0.15, 0.2) is 6.33 Å². The molecule has 1 fully saturated rings. The third kappa shape index (κ3) is 1.96. The number of aryl methyl sites for hydroxylation is 1. The molecule has 1 unspecified atom stereocenters. The fourth-order valence-corrected chi connectivity index (χ4v) is 2.54. The van der Waals surface area contributed by atoms with Crippen molar-refractivity contribution in [3.05, 3.63) is 12.2 Å². The van der Waals surface area contributed by atoms with E-state index in [1.165, 1.54) is 0 Å². The largest absolute Gasteiger partial charge is 0.345 e. The fourth-order valence-electron chi connectivity index (χ4n) is 2.54. The average molecular weight is 247 g/mol. The van der Waals surface area contributed by atoms with Crippen molar-refractivity contribution in [3.8, 4) is 6.07 Å². The first-order chi connectivity index (χ1) is 8.48. The highest BCUT2D eigenvalue weighted by atomic mass is 16.2. The van der Waals surface area contributed by atoms with Crippen LogP contribution in [0.3, 0.4) is 0 Å². The third-order valence-electron chi connectivity index (χ3n) is 3.52. The van der Waals surface area contributed by atoms with Gasteiger partial charge in [0.15, 0.2) is 5.82 Å². The van der Waals surface area contributed by atoms with Gasteiger partial charge in [-0.3, -0.25) is 4.79 Å². The van der Waals surface area contributed by atoms with Gasteiger partial charge >= 0.3 is 0 Å². The average Bonchev–Trinajstić information content (AvgIpc) is 2.70. The number of amides is 1. The lowest BCUT2D eigenvalue weighted by Crippen LogP contribution is -2.48. The van der Waals surface area contributed by atoms with E-state index in [1.807, 2.05) is 14.0 Å². The summed E-state index contributed by atoms with van der Waals surface area (Å²) in [6, 6.07) is 1.91. The van der Waals surface area contributed by atoms with Crippen LogP contribution >= 0.6 is 0 Å². The highest BCUT2D eigenvalue weighted by Crippen LogP contribution is 2.45. The molecule has 0 bridgehead atoms. The zero-order chi connectivity index (χ0) is 13.3. The molecule has 1 saturated carbocycles. The molecule has 2 rings (SSSR count). The second-order valence-corrected chi connectivity index (χ2v) is 5.20. The van der Waals surface area contributed by atoms with Crippen molar-refractivity contribution < 1.29 is 4.79 Å². The summed E-state index contributed by atoms with van der Waals surface area (Å²) < 4.78 is 1.76. The van der Waals surface area contributed by atoms with Crippen molar-refractivity contribution >= 4 is 5.91 Å². The van der Waals surface area contributed by atoms with Gasteiger partial charge < -0.3 is 9.88 Å². The molecule has 1 aliphatic rings. The summed E-state index contributed by atoms with van der Waals surface area (Å²) in [5, 5.41) is 19.8. The molecule has 96 valence electrons. The standard InChI is InChI=1S/C12H17N5O/c1-8-4-12(5-8,6-13)11(18)15-9(2)10-16-14-7-17(10)3/h7-9H,4-5H2,1-3H3,(H,15,18). The molecule has 0 radical (unpaired) electrons. The predicted molar refractivity (Wildman–Crippen MR) is 64.0 cm³/mol. The van der Waals surface area contributed by atoms with Crippen molar-refractivity contribution in [2.45, 2.75) is 32.7 Å². The van der Waals surface area contributed by atoms with Gasteiger partial charge in [-0.2, -0.15) is 5.26 Å². The van der Waals surface area contributed by atoms with E-state index in [0.29, 0.717) is 24.6 Å². The van der Waals surface area contributed by atoms with Crippen LogP contribution in [0, 0.1) is 22.7 Å². The number of hydrogen-bond donors (Lipinski definition) is 1. The molecule has 6 nitrogen and oxygen atoms in total. The van der Waals surface area contributed by atoms with Crippen LogP contribution in [0.25, 0.3) is 0 Å². The van der Waals surface area contributed by atoms with Crippen LogP contribution in [-0.2, 0) is 11.8 Å². The molecular formula is C12H17N5O. The van der Waals surface area contributed by atoms with Gasteiger partial charge in [-0.05, 0) is 25.7 Å². The Morgan fingerprint density at radius 1 is 1.72 bits per heavy atom. The smallest absolute Gasteiger partial charge is 0.241 e. The van der Waals surface area contributed by atoms with E-state index in [9.17, 15) is 10.1 Å². The molecule has 0 saturated heterocycles. The summed E-state index contributed by atoms with van der Waals surface area (Å²) in [4.78, 5) is 12.1. The van der Waals surface area contributed by atoms with Crippen LogP contribution < -0.4 is 5.32 Å². The van der Waals surface area contributed by atoms with Gasteiger partial charge in [0, 0.05) is 7.05 Å². The topological polar surface area (TPSA) is 83.6 Å². The molecule has 1 atom stereocenters. The minimum atomic E-state index is -0.841. The molecule has 6 heteroatoms. The van der Waals surface area contributed by atoms with Crippen LogP contribution in [0.1, 0.15) is 38.6 Å². The maximum absolute atomic E-state index is 12.1. The first kappa shape index (κ1) is 12.6. The zero-order valence-electron chi connectivity index (χ0n) is 10.8. The molecule has 1 N–H and O–H groups in total. The number of nitriles is 1. The van der Waals surface area contributed by atoms with Crippen molar-refractivity contribution in [3.63, 3.8) is 0 Å². The van der Waals surface area contributed by atoms with E-state index in [1.54, 1.807) is 10.9 Å². The maximum atomic E-state index is 12.1. The second kappa shape index (κ2) is 4.41. The van der Waals surface area contributed by atoms with E-state index in [2.05, 4.69) is 28.5 Å². The van der Waals surface area contributed by atoms with E-state index in [4.69, 9.17) is 0 Å². The first-order valence-electron chi connectivity index (χ1n) is 6.04. The van der Waals surface area contributed by atoms with E-state index < -0.39 is 5.41 Å². The summed E-state index contributed by atoms with van der Waals surface area (Å²) >= 11 is 0. The number of nitrogens with zero attached hydrogens (tertiary/aromatic N) is 4. The quantitative estimate of drug-likeness (QED) is 0.861. The van der Waals surface area contributed by atoms with Gasteiger partial charge in [0.05, 0.1) is 12.1 Å². The Labute approximate surface area is 106 Å². The van der Waals surface area contributed by atoms with Gasteiger partial charge in [-0.25, -0.2) is 0 Å². The molecule has 1 aromatic heterocycles. The summed E-state index contributed by atoms with van der Waals surface area (Å²) in [5.41, 5.74) is -0.841. The SMILES string of the molecule is CC1CC(C#N)(C(=O)NC(C)c2nncn2C)C1. The highest BCUT2D eigenvalue weighted by Gasteiger charge is 2.49. The van der Waals surface area contributed by atoms with Crippen LogP contribution in [-0.4, -0.2) is 20.7 Å². The summed E-state index contributed by atoms with van der Waals surface area (Å²) in [5.74, 6) is 0.933. The number of nitrogens with one attached hydrogen (secondary N) is 1. The minimum Gasteiger partial charge on any atom is -0.345 e. The molecule has 1 heterocycles. The monoisotopic (exact) mass is 247 g/mol. The number of aromatic nitrogens is 3. The molecule has 1 amide bonds. The Balaban J connectivity index is 2.04. The maximum Gasteiger partial charge on any atom is 0.241 e. The normalized spacial score (nSPS) is 28.0. The highest BCUT2D eigenvalue weighted by molar-refractivity contribution is 5.86. The van der Waals surface area contributed by atoms with E-state index >= 15 is 0 Å². The van der Waals surface area contributed by atoms with Crippen LogP contribution in [0.2, 0.25) is 0 Å². The van der Waals surface area contributed by atoms with Crippen molar-refractivity contribution in [2.75, 3.05) is 0 Å². The lowest BCUT2D eigenvalue weighted by atomic mass is 9.63. The van der Waals surface area contributed by atoms with Gasteiger partial charge in [0.25, 0.3) is 0 Å². The Kier molecular flexibility index (Phi) is 3.07. The number of rotatable bonds is 3. The predicted octanol–water partition coefficient (Wildman–Crippen LogP) is 0.932. The fraction of sp³-hybridized carbons (Fsp3) is 0.667. The summed E-state index contributed by atoms with van der Waals surface area (Å²) in [7, 11) is 1.82. The minimum absolute atomic E-state index is 0.196. The molecule has 0 spiro atoms. The number of carbonyl (C=O) groups is 1. The Morgan fingerprint density at radius 3 is 2.83 bits per heavy atom. The Hall–Kier alpha value is -1.90.